The summed E-state index contributed by atoms with van der Waals surface area (Å²) in [7, 11) is 0. The number of hydrogen-bond acceptors (Lipinski definition) is 3. The van der Waals surface area contributed by atoms with Crippen LogP contribution in [0.2, 0.25) is 0 Å². The van der Waals surface area contributed by atoms with Gasteiger partial charge < -0.3 is 5.32 Å². The number of anilines is 1. The zero-order chi connectivity index (χ0) is 13.1. The van der Waals surface area contributed by atoms with Gasteiger partial charge in [-0.05, 0) is 41.4 Å². The van der Waals surface area contributed by atoms with Crippen LogP contribution in [0.4, 0.5) is 10.2 Å². The van der Waals surface area contributed by atoms with E-state index in [9.17, 15) is 4.39 Å². The van der Waals surface area contributed by atoms with Crippen LogP contribution in [-0.4, -0.2) is 16.5 Å². The number of benzene rings is 1. The highest BCUT2D eigenvalue weighted by molar-refractivity contribution is 9.10. The summed E-state index contributed by atoms with van der Waals surface area (Å²) in [6, 6.07) is 4.99. The van der Waals surface area contributed by atoms with Crippen molar-refractivity contribution in [1.29, 1.82) is 0 Å². The van der Waals surface area contributed by atoms with Crippen molar-refractivity contribution in [2.24, 2.45) is 0 Å². The molecular weight excluding hydrogens is 297 g/mol. The maximum atomic E-state index is 13.5. The topological polar surface area (TPSA) is 37.8 Å². The van der Waals surface area contributed by atoms with Crippen LogP contribution >= 0.6 is 15.9 Å². The van der Waals surface area contributed by atoms with Gasteiger partial charge in [-0.25, -0.2) is 14.4 Å². The van der Waals surface area contributed by atoms with Crippen molar-refractivity contribution in [2.45, 2.75) is 13.8 Å². The van der Waals surface area contributed by atoms with Crippen LogP contribution in [0, 0.1) is 12.7 Å². The van der Waals surface area contributed by atoms with Gasteiger partial charge in [0.1, 0.15) is 11.6 Å². The van der Waals surface area contributed by atoms with E-state index in [1.165, 1.54) is 6.07 Å². The van der Waals surface area contributed by atoms with Gasteiger partial charge in [0.05, 0.1) is 4.47 Å². The third kappa shape index (κ3) is 2.67. The van der Waals surface area contributed by atoms with E-state index < -0.39 is 0 Å². The molecule has 1 aromatic heterocycles. The fourth-order valence-electron chi connectivity index (χ4n) is 1.53. The zero-order valence-electron chi connectivity index (χ0n) is 10.2. The van der Waals surface area contributed by atoms with Gasteiger partial charge in [0, 0.05) is 18.3 Å². The molecular formula is C13H13BrFN3. The van der Waals surface area contributed by atoms with Crippen molar-refractivity contribution in [1.82, 2.24) is 9.97 Å². The molecule has 3 nitrogen and oxygen atoms in total. The summed E-state index contributed by atoms with van der Waals surface area (Å²) in [5.41, 5.74) is 1.28. The number of nitrogens with one attached hydrogen (secondary N) is 1. The lowest BCUT2D eigenvalue weighted by Gasteiger charge is -2.07. The van der Waals surface area contributed by atoms with Gasteiger partial charge in [-0.3, -0.25) is 0 Å². The van der Waals surface area contributed by atoms with Crippen molar-refractivity contribution < 1.29 is 4.39 Å². The minimum atomic E-state index is -0.246. The lowest BCUT2D eigenvalue weighted by atomic mass is 10.1. The minimum Gasteiger partial charge on any atom is -0.369 e. The van der Waals surface area contributed by atoms with E-state index in [4.69, 9.17) is 0 Å². The van der Waals surface area contributed by atoms with Crippen LogP contribution in [0.25, 0.3) is 11.4 Å². The normalized spacial score (nSPS) is 10.4. The Morgan fingerprint density at radius 2 is 2.17 bits per heavy atom. The molecule has 1 heterocycles. The molecule has 0 aliphatic carbocycles. The molecule has 0 spiro atoms. The van der Waals surface area contributed by atoms with E-state index in [1.807, 2.05) is 13.0 Å². The molecule has 94 valence electrons. The molecule has 2 aromatic rings. The van der Waals surface area contributed by atoms with E-state index in [2.05, 4.69) is 31.2 Å². The Morgan fingerprint density at radius 1 is 1.39 bits per heavy atom. The first kappa shape index (κ1) is 13.0. The smallest absolute Gasteiger partial charge is 0.161 e. The van der Waals surface area contributed by atoms with Crippen molar-refractivity contribution in [3.8, 4) is 11.4 Å². The molecule has 1 aromatic carbocycles. The van der Waals surface area contributed by atoms with Crippen LogP contribution in [0.1, 0.15) is 12.5 Å². The number of aryl methyl sites for hydroxylation is 1. The van der Waals surface area contributed by atoms with Crippen LogP contribution < -0.4 is 5.32 Å². The van der Waals surface area contributed by atoms with Crippen LogP contribution in [-0.2, 0) is 0 Å². The highest BCUT2D eigenvalue weighted by Crippen LogP contribution is 2.24. The number of nitrogens with zero attached hydrogens (tertiary/aromatic N) is 2. The highest BCUT2D eigenvalue weighted by Gasteiger charge is 2.08. The Morgan fingerprint density at radius 3 is 2.83 bits per heavy atom. The zero-order valence-corrected chi connectivity index (χ0v) is 11.8. The molecule has 0 amide bonds. The van der Waals surface area contributed by atoms with E-state index in [1.54, 1.807) is 19.2 Å². The molecule has 0 atom stereocenters. The second kappa shape index (κ2) is 5.44. The van der Waals surface area contributed by atoms with E-state index in [0.717, 1.165) is 11.0 Å². The molecule has 0 bridgehead atoms. The molecule has 1 N–H and O–H groups in total. The first-order chi connectivity index (χ1) is 8.61. The van der Waals surface area contributed by atoms with Gasteiger partial charge in [0.25, 0.3) is 0 Å². The summed E-state index contributed by atoms with van der Waals surface area (Å²) in [6.45, 7) is 4.47. The lowest BCUT2D eigenvalue weighted by Crippen LogP contribution is -2.02. The summed E-state index contributed by atoms with van der Waals surface area (Å²) < 4.78 is 14.3. The van der Waals surface area contributed by atoms with Crippen molar-refractivity contribution in [2.75, 3.05) is 11.9 Å². The van der Waals surface area contributed by atoms with Gasteiger partial charge in [0.15, 0.2) is 5.82 Å². The largest absolute Gasteiger partial charge is 0.369 e. The third-order valence-corrected chi connectivity index (χ3v) is 3.10. The average Bonchev–Trinajstić information content (AvgIpc) is 2.36. The van der Waals surface area contributed by atoms with Crippen molar-refractivity contribution in [3.05, 3.63) is 40.2 Å². The predicted molar refractivity (Wildman–Crippen MR) is 74.0 cm³/mol. The first-order valence-corrected chi connectivity index (χ1v) is 6.44. The van der Waals surface area contributed by atoms with Crippen LogP contribution in [0.5, 0.6) is 0 Å². The second-order valence-corrected chi connectivity index (χ2v) is 4.74. The minimum absolute atomic E-state index is 0.246. The molecule has 0 unspecified atom stereocenters. The van der Waals surface area contributed by atoms with Gasteiger partial charge in [-0.2, -0.15) is 0 Å². The molecule has 18 heavy (non-hydrogen) atoms. The fraction of sp³-hybridized carbons (Fsp3) is 0.231. The molecule has 5 heteroatoms. The van der Waals surface area contributed by atoms with Crippen molar-refractivity contribution >= 4 is 21.7 Å². The van der Waals surface area contributed by atoms with Gasteiger partial charge >= 0.3 is 0 Å². The van der Waals surface area contributed by atoms with E-state index >= 15 is 0 Å². The van der Waals surface area contributed by atoms with Crippen molar-refractivity contribution in [3.63, 3.8) is 0 Å². The highest BCUT2D eigenvalue weighted by atomic mass is 79.9. The molecule has 2 rings (SSSR count). The van der Waals surface area contributed by atoms with E-state index in [-0.39, 0.29) is 5.82 Å². The van der Waals surface area contributed by atoms with Crippen LogP contribution in [0.3, 0.4) is 0 Å². The molecule has 0 saturated carbocycles. The maximum absolute atomic E-state index is 13.5. The number of halogens is 2. The lowest BCUT2D eigenvalue weighted by molar-refractivity contribution is 0.619. The quantitative estimate of drug-likeness (QED) is 0.937. The molecule has 0 radical (unpaired) electrons. The van der Waals surface area contributed by atoms with Gasteiger partial charge in [-0.15, -0.1) is 0 Å². The number of aromatic nitrogens is 2. The Balaban J connectivity index is 2.44. The maximum Gasteiger partial charge on any atom is 0.161 e. The Labute approximate surface area is 114 Å². The van der Waals surface area contributed by atoms with Gasteiger partial charge in [0.2, 0.25) is 0 Å². The third-order valence-electron chi connectivity index (χ3n) is 2.52. The summed E-state index contributed by atoms with van der Waals surface area (Å²) >= 11 is 3.37. The molecule has 0 saturated heterocycles. The Kier molecular flexibility index (Phi) is 3.91. The van der Waals surface area contributed by atoms with Crippen LogP contribution in [0.15, 0.2) is 28.9 Å². The summed E-state index contributed by atoms with van der Waals surface area (Å²) in [4.78, 5) is 8.56. The molecule has 0 aliphatic rings. The average molecular weight is 310 g/mol. The number of rotatable bonds is 3. The predicted octanol–water partition coefficient (Wildman–Crippen LogP) is 3.79. The Hall–Kier alpha value is -1.49. The SMILES string of the molecule is CCNc1nc(-c2ccc(C)c(F)c2)ncc1Br. The van der Waals surface area contributed by atoms with E-state index in [0.29, 0.717) is 22.8 Å². The monoisotopic (exact) mass is 309 g/mol. The summed E-state index contributed by atoms with van der Waals surface area (Å²) in [6.07, 6.45) is 1.66. The Bertz CT molecular complexity index is 572. The first-order valence-electron chi connectivity index (χ1n) is 5.64. The standard InChI is InChI=1S/C13H13BrFN3/c1-3-16-13-10(14)7-17-12(18-13)9-5-4-8(2)11(15)6-9/h4-7H,3H2,1-2H3,(H,16,17,18). The fourth-order valence-corrected chi connectivity index (χ4v) is 1.86. The van der Waals surface area contributed by atoms with Gasteiger partial charge in [-0.1, -0.05) is 12.1 Å². The number of hydrogen-bond donors (Lipinski definition) is 1. The summed E-state index contributed by atoms with van der Waals surface area (Å²) in [5, 5.41) is 3.12. The molecule has 0 aliphatic heterocycles. The summed E-state index contributed by atoms with van der Waals surface area (Å²) in [5.74, 6) is 0.973. The second-order valence-electron chi connectivity index (χ2n) is 3.88. The molecule has 0 fully saturated rings.